The molecule has 2 heterocycles. The predicted octanol–water partition coefficient (Wildman–Crippen LogP) is 4.44. The highest BCUT2D eigenvalue weighted by molar-refractivity contribution is 7.99. The lowest BCUT2D eigenvalue weighted by molar-refractivity contribution is -0.113. The summed E-state index contributed by atoms with van der Waals surface area (Å²) in [4.78, 5) is 34.1. The molecule has 8 heteroatoms. The highest BCUT2D eigenvalue weighted by Gasteiger charge is 2.29. The van der Waals surface area contributed by atoms with Crippen molar-refractivity contribution < 1.29 is 4.79 Å². The Morgan fingerprint density at radius 3 is 2.76 bits per heavy atom. The average Bonchev–Trinajstić information content (AvgIpc) is 3.48. The molecule has 0 unspecified atom stereocenters. The Bertz CT molecular complexity index is 1190. The van der Waals surface area contributed by atoms with Crippen molar-refractivity contribution >= 4 is 46.0 Å². The number of aromatic nitrogens is 3. The number of thioether (sulfide) groups is 1. The van der Waals surface area contributed by atoms with Gasteiger partial charge in [0.25, 0.3) is 5.56 Å². The standard InChI is InChI=1S/C21H21ClN4O2S/c1-11-9-12(2)23-19-18(11)20(28)25-21(26(19)14-7-8-14)29-10-17(27)24-16-6-4-5-15(22)13(16)3/h4-6,9,14H,7-8,10H2,1-3H3,(H,24,27). The molecule has 29 heavy (non-hydrogen) atoms. The third-order valence-electron chi connectivity index (χ3n) is 4.96. The number of carbonyl (C=O) groups excluding carboxylic acids is 1. The van der Waals surface area contributed by atoms with Crippen LogP contribution in [0.15, 0.2) is 34.2 Å². The molecule has 1 fully saturated rings. The molecule has 0 bridgehead atoms. The quantitative estimate of drug-likeness (QED) is 0.480. The van der Waals surface area contributed by atoms with Crippen LogP contribution in [0.25, 0.3) is 11.0 Å². The van der Waals surface area contributed by atoms with E-state index in [0.717, 1.165) is 29.7 Å². The van der Waals surface area contributed by atoms with Crippen LogP contribution in [0.2, 0.25) is 5.02 Å². The molecule has 0 radical (unpaired) electrons. The van der Waals surface area contributed by atoms with Crippen molar-refractivity contribution in [2.45, 2.75) is 44.8 Å². The number of anilines is 1. The fourth-order valence-corrected chi connectivity index (χ4v) is 4.39. The van der Waals surface area contributed by atoms with E-state index < -0.39 is 0 Å². The van der Waals surface area contributed by atoms with Crippen LogP contribution >= 0.6 is 23.4 Å². The number of benzene rings is 1. The van der Waals surface area contributed by atoms with Gasteiger partial charge in [-0.15, -0.1) is 0 Å². The third kappa shape index (κ3) is 4.02. The molecule has 0 atom stereocenters. The highest BCUT2D eigenvalue weighted by Crippen LogP contribution is 2.39. The van der Waals surface area contributed by atoms with E-state index >= 15 is 0 Å². The first-order chi connectivity index (χ1) is 13.8. The topological polar surface area (TPSA) is 76.9 Å². The number of hydrogen-bond donors (Lipinski definition) is 1. The van der Waals surface area contributed by atoms with Crippen molar-refractivity contribution in [3.05, 3.63) is 56.5 Å². The number of hydrogen-bond acceptors (Lipinski definition) is 5. The summed E-state index contributed by atoms with van der Waals surface area (Å²) in [6.07, 6.45) is 2.05. The van der Waals surface area contributed by atoms with Crippen molar-refractivity contribution in [3.8, 4) is 0 Å². The van der Waals surface area contributed by atoms with Gasteiger partial charge in [0.15, 0.2) is 5.16 Å². The number of rotatable bonds is 5. The van der Waals surface area contributed by atoms with Gasteiger partial charge in [0, 0.05) is 22.4 Å². The molecule has 1 aliphatic carbocycles. The van der Waals surface area contributed by atoms with Crippen LogP contribution in [0.1, 0.15) is 35.7 Å². The third-order valence-corrected chi connectivity index (χ3v) is 6.32. The average molecular weight is 429 g/mol. The van der Waals surface area contributed by atoms with E-state index in [9.17, 15) is 9.59 Å². The Kier molecular flexibility index (Phi) is 5.36. The van der Waals surface area contributed by atoms with Crippen LogP contribution in [0.3, 0.4) is 0 Å². The molecular formula is C21H21ClN4O2S. The van der Waals surface area contributed by atoms with E-state index in [4.69, 9.17) is 11.6 Å². The minimum absolute atomic E-state index is 0.140. The molecule has 1 N–H and O–H groups in total. The molecule has 150 valence electrons. The van der Waals surface area contributed by atoms with Crippen molar-refractivity contribution in [2.24, 2.45) is 0 Å². The molecule has 1 amide bonds. The van der Waals surface area contributed by atoms with Crippen molar-refractivity contribution in [1.82, 2.24) is 14.5 Å². The van der Waals surface area contributed by atoms with Gasteiger partial charge in [-0.3, -0.25) is 9.59 Å². The van der Waals surface area contributed by atoms with Gasteiger partial charge in [0.2, 0.25) is 5.91 Å². The SMILES string of the molecule is Cc1cc(C)c2c(=O)nc(SCC(=O)Nc3cccc(Cl)c3C)n(C3CC3)c2n1. The lowest BCUT2D eigenvalue weighted by atomic mass is 10.2. The van der Waals surface area contributed by atoms with Gasteiger partial charge in [-0.2, -0.15) is 4.98 Å². The van der Waals surface area contributed by atoms with Crippen LogP contribution in [-0.4, -0.2) is 26.2 Å². The normalized spacial score (nSPS) is 13.7. The van der Waals surface area contributed by atoms with E-state index in [0.29, 0.717) is 26.9 Å². The Balaban J connectivity index is 1.63. The van der Waals surface area contributed by atoms with Crippen LogP contribution < -0.4 is 10.9 Å². The Morgan fingerprint density at radius 1 is 1.28 bits per heavy atom. The van der Waals surface area contributed by atoms with E-state index in [1.807, 2.05) is 37.5 Å². The van der Waals surface area contributed by atoms with E-state index in [1.165, 1.54) is 11.8 Å². The van der Waals surface area contributed by atoms with Crippen LogP contribution in [0, 0.1) is 20.8 Å². The van der Waals surface area contributed by atoms with Crippen molar-refractivity contribution in [3.63, 3.8) is 0 Å². The number of aryl methyl sites for hydroxylation is 2. The molecule has 0 aliphatic heterocycles. The minimum atomic E-state index is -0.296. The Morgan fingerprint density at radius 2 is 2.03 bits per heavy atom. The molecule has 1 aliphatic rings. The number of amides is 1. The van der Waals surface area contributed by atoms with Crippen molar-refractivity contribution in [2.75, 3.05) is 11.1 Å². The summed E-state index contributed by atoms with van der Waals surface area (Å²) in [7, 11) is 0. The first kappa shape index (κ1) is 19.9. The number of nitrogens with one attached hydrogen (secondary N) is 1. The van der Waals surface area contributed by atoms with Crippen LogP contribution in [-0.2, 0) is 4.79 Å². The lowest BCUT2D eigenvalue weighted by Crippen LogP contribution is -2.20. The number of fused-ring (bicyclic) bond motifs is 1. The summed E-state index contributed by atoms with van der Waals surface area (Å²) in [6, 6.07) is 7.57. The fraction of sp³-hybridized carbons (Fsp3) is 0.333. The maximum absolute atomic E-state index is 12.7. The minimum Gasteiger partial charge on any atom is -0.325 e. The van der Waals surface area contributed by atoms with Gasteiger partial charge in [0.05, 0.1) is 11.1 Å². The van der Waals surface area contributed by atoms with E-state index in [-0.39, 0.29) is 23.3 Å². The van der Waals surface area contributed by atoms with E-state index in [2.05, 4.69) is 15.3 Å². The van der Waals surface area contributed by atoms with Gasteiger partial charge in [-0.1, -0.05) is 29.4 Å². The summed E-state index contributed by atoms with van der Waals surface area (Å²) in [5.74, 6) is -0.0352. The Labute approximate surface area is 177 Å². The predicted molar refractivity (Wildman–Crippen MR) is 117 cm³/mol. The molecule has 0 saturated heterocycles. The molecule has 6 nitrogen and oxygen atoms in total. The zero-order valence-electron chi connectivity index (χ0n) is 16.5. The number of nitrogens with zero attached hydrogens (tertiary/aromatic N) is 3. The second-order valence-corrected chi connectivity index (χ2v) is 8.68. The van der Waals surface area contributed by atoms with Gasteiger partial charge >= 0.3 is 0 Å². The maximum Gasteiger partial charge on any atom is 0.283 e. The maximum atomic E-state index is 12.7. The van der Waals surface area contributed by atoms with Gasteiger partial charge in [0.1, 0.15) is 5.65 Å². The summed E-state index contributed by atoms with van der Waals surface area (Å²) >= 11 is 7.38. The molecule has 0 spiro atoms. The van der Waals surface area contributed by atoms with Gasteiger partial charge in [-0.25, -0.2) is 4.98 Å². The van der Waals surface area contributed by atoms with Crippen LogP contribution in [0.5, 0.6) is 0 Å². The van der Waals surface area contributed by atoms with E-state index in [1.54, 1.807) is 12.1 Å². The number of carbonyl (C=O) groups is 1. The zero-order chi connectivity index (χ0) is 20.7. The largest absolute Gasteiger partial charge is 0.325 e. The second-order valence-electron chi connectivity index (χ2n) is 7.33. The molecule has 1 aromatic carbocycles. The van der Waals surface area contributed by atoms with Crippen molar-refractivity contribution in [1.29, 1.82) is 0 Å². The Hall–Kier alpha value is -2.38. The smallest absolute Gasteiger partial charge is 0.283 e. The van der Waals surface area contributed by atoms with Gasteiger partial charge in [-0.05, 0) is 62.9 Å². The zero-order valence-corrected chi connectivity index (χ0v) is 18.0. The molecule has 3 aromatic rings. The number of pyridine rings is 1. The monoisotopic (exact) mass is 428 g/mol. The summed E-state index contributed by atoms with van der Waals surface area (Å²) in [5, 5.41) is 4.59. The first-order valence-corrected chi connectivity index (χ1v) is 10.8. The second kappa shape index (κ2) is 7.80. The molecular weight excluding hydrogens is 408 g/mol. The number of halogens is 1. The molecule has 2 aromatic heterocycles. The fourth-order valence-electron chi connectivity index (χ4n) is 3.37. The van der Waals surface area contributed by atoms with Gasteiger partial charge < -0.3 is 9.88 Å². The summed E-state index contributed by atoms with van der Waals surface area (Å²) in [5.41, 5.74) is 3.61. The molecule has 4 rings (SSSR count). The lowest BCUT2D eigenvalue weighted by Gasteiger charge is -2.15. The first-order valence-electron chi connectivity index (χ1n) is 9.43. The van der Waals surface area contributed by atoms with Crippen LogP contribution in [0.4, 0.5) is 5.69 Å². The highest BCUT2D eigenvalue weighted by atomic mass is 35.5. The summed E-state index contributed by atoms with van der Waals surface area (Å²) in [6.45, 7) is 5.68. The molecule has 1 saturated carbocycles. The summed E-state index contributed by atoms with van der Waals surface area (Å²) < 4.78 is 2.03.